The largest absolute Gasteiger partial charge is 0.361 e. The van der Waals surface area contributed by atoms with E-state index in [1.807, 2.05) is 57.3 Å². The molecular formula is C25H26FN7S. The summed E-state index contributed by atoms with van der Waals surface area (Å²) in [4.78, 5) is 16.7. The van der Waals surface area contributed by atoms with Crippen LogP contribution in [0.5, 0.6) is 0 Å². The van der Waals surface area contributed by atoms with Crippen LogP contribution in [-0.4, -0.2) is 32.6 Å². The predicted molar refractivity (Wildman–Crippen MR) is 140 cm³/mol. The molecule has 2 heterocycles. The minimum Gasteiger partial charge on any atom is -0.361 e. The van der Waals surface area contributed by atoms with Gasteiger partial charge in [-0.05, 0) is 80.9 Å². The number of benzene rings is 2. The quantitative estimate of drug-likeness (QED) is 0.184. The van der Waals surface area contributed by atoms with E-state index < -0.39 is 0 Å². The second kappa shape index (κ2) is 10.4. The summed E-state index contributed by atoms with van der Waals surface area (Å²) in [5.41, 5.74) is 5.54. The Balaban J connectivity index is 1.52. The lowest BCUT2D eigenvalue weighted by Gasteiger charge is -2.15. The second-order valence-corrected chi connectivity index (χ2v) is 8.39. The van der Waals surface area contributed by atoms with Crippen molar-refractivity contribution >= 4 is 45.8 Å². The number of H-pyrrole nitrogens is 1. The van der Waals surface area contributed by atoms with Crippen molar-refractivity contribution in [2.24, 2.45) is 4.99 Å². The van der Waals surface area contributed by atoms with Crippen LogP contribution >= 0.6 is 12.2 Å². The molecule has 0 unspecified atom stereocenters. The van der Waals surface area contributed by atoms with Crippen LogP contribution in [0.3, 0.4) is 0 Å². The first-order valence-corrected chi connectivity index (χ1v) is 11.3. The van der Waals surface area contributed by atoms with Crippen molar-refractivity contribution in [3.63, 3.8) is 0 Å². The van der Waals surface area contributed by atoms with E-state index in [4.69, 9.17) is 12.2 Å². The molecule has 0 bridgehead atoms. The van der Waals surface area contributed by atoms with E-state index >= 15 is 0 Å². The average Bonchev–Trinajstić information content (AvgIpc) is 3.16. The number of hydrogen-bond donors (Lipinski definition) is 4. The molecule has 0 radical (unpaired) electrons. The maximum atomic E-state index is 13.7. The first-order chi connectivity index (χ1) is 16.4. The monoisotopic (exact) mass is 475 g/mol. The number of fused-ring (bicyclic) bond motifs is 1. The smallest absolute Gasteiger partial charge is 0.229 e. The Morgan fingerprint density at radius 2 is 1.79 bits per heavy atom. The summed E-state index contributed by atoms with van der Waals surface area (Å²) in [5, 5.41) is 10.7. The van der Waals surface area contributed by atoms with Crippen LogP contribution in [0.1, 0.15) is 22.5 Å². The molecule has 2 aromatic heterocycles. The molecule has 0 saturated heterocycles. The number of thiocarbonyl (C=S) groups is 1. The first kappa shape index (κ1) is 23.3. The van der Waals surface area contributed by atoms with Gasteiger partial charge >= 0.3 is 0 Å². The molecule has 9 heteroatoms. The minimum atomic E-state index is -0.263. The Bertz CT molecular complexity index is 1340. The number of aryl methyl sites for hydroxylation is 3. The van der Waals surface area contributed by atoms with Crippen molar-refractivity contribution in [2.45, 2.75) is 27.2 Å². The summed E-state index contributed by atoms with van der Waals surface area (Å²) in [6.07, 6.45) is 2.50. The molecule has 4 N–H and O–H groups in total. The summed E-state index contributed by atoms with van der Waals surface area (Å²) in [7, 11) is 0. The van der Waals surface area contributed by atoms with Crippen molar-refractivity contribution in [3.05, 3.63) is 83.1 Å². The highest BCUT2D eigenvalue weighted by Crippen LogP contribution is 2.20. The van der Waals surface area contributed by atoms with Crippen molar-refractivity contribution in [2.75, 3.05) is 17.2 Å². The number of halogens is 1. The molecule has 4 aromatic rings. The molecule has 2 aromatic carbocycles. The van der Waals surface area contributed by atoms with Crippen LogP contribution < -0.4 is 16.0 Å². The highest BCUT2D eigenvalue weighted by atomic mass is 32.1. The van der Waals surface area contributed by atoms with Gasteiger partial charge in [0.05, 0.1) is 0 Å². The first-order valence-electron chi connectivity index (χ1n) is 10.9. The normalized spacial score (nSPS) is 11.5. The third-order valence-electron chi connectivity index (χ3n) is 5.22. The van der Waals surface area contributed by atoms with Gasteiger partial charge in [0.15, 0.2) is 5.11 Å². The number of nitrogens with zero attached hydrogens (tertiary/aromatic N) is 3. The van der Waals surface area contributed by atoms with Crippen LogP contribution in [0.15, 0.2) is 59.7 Å². The molecule has 174 valence electrons. The van der Waals surface area contributed by atoms with E-state index in [9.17, 15) is 4.39 Å². The number of hydrogen-bond acceptors (Lipinski definition) is 4. The molecule has 0 amide bonds. The molecule has 0 aliphatic rings. The molecule has 34 heavy (non-hydrogen) atoms. The van der Waals surface area contributed by atoms with Crippen LogP contribution in [0.25, 0.3) is 10.9 Å². The predicted octanol–water partition coefficient (Wildman–Crippen LogP) is 5.02. The zero-order chi connectivity index (χ0) is 24.1. The summed E-state index contributed by atoms with van der Waals surface area (Å²) in [5.74, 6) is 0.583. The van der Waals surface area contributed by atoms with Gasteiger partial charge in [0, 0.05) is 40.7 Å². The second-order valence-electron chi connectivity index (χ2n) is 7.98. The molecule has 0 aliphatic heterocycles. The van der Waals surface area contributed by atoms with Gasteiger partial charge in [-0.1, -0.05) is 18.2 Å². The van der Waals surface area contributed by atoms with Crippen molar-refractivity contribution in [1.29, 1.82) is 0 Å². The topological polar surface area (TPSA) is 90.0 Å². The Kier molecular flexibility index (Phi) is 7.12. The fraction of sp³-hybridized carbons (Fsp3) is 0.200. The van der Waals surface area contributed by atoms with E-state index in [1.54, 1.807) is 6.07 Å². The van der Waals surface area contributed by atoms with Crippen molar-refractivity contribution in [1.82, 2.24) is 20.3 Å². The maximum Gasteiger partial charge on any atom is 0.229 e. The lowest BCUT2D eigenvalue weighted by molar-refractivity contribution is 0.629. The standard InChI is InChI=1S/C25H26FN7S/c1-15-6-4-5-7-21(15)31-25(34)33-23(32-24-29-16(2)12-17(3)30-24)27-11-10-18-14-28-22-9-8-19(26)13-20(18)22/h4-9,12-14,28H,10-11H2,1-3H3,(H3,27,29,30,31,32,33,34). The van der Waals surface area contributed by atoms with Crippen LogP contribution in [0, 0.1) is 26.6 Å². The van der Waals surface area contributed by atoms with Gasteiger partial charge in [-0.15, -0.1) is 0 Å². The van der Waals surface area contributed by atoms with Crippen LogP contribution in [0.2, 0.25) is 0 Å². The molecule has 0 aliphatic carbocycles. The Morgan fingerprint density at radius 1 is 1.03 bits per heavy atom. The molecular weight excluding hydrogens is 449 g/mol. The molecule has 0 saturated carbocycles. The number of anilines is 2. The number of rotatable bonds is 5. The highest BCUT2D eigenvalue weighted by molar-refractivity contribution is 7.80. The zero-order valence-corrected chi connectivity index (χ0v) is 20.1. The lowest BCUT2D eigenvalue weighted by atomic mass is 10.1. The molecule has 0 spiro atoms. The third kappa shape index (κ3) is 5.93. The molecule has 0 fully saturated rings. The third-order valence-corrected chi connectivity index (χ3v) is 5.42. The summed E-state index contributed by atoms with van der Waals surface area (Å²) >= 11 is 5.52. The minimum absolute atomic E-state index is 0.263. The number of aromatic amines is 1. The zero-order valence-electron chi connectivity index (χ0n) is 19.2. The SMILES string of the molecule is Cc1cc(C)nc(NC(=NCCc2c[nH]c3ccc(F)cc23)NC(=S)Nc2ccccc2C)n1. The van der Waals surface area contributed by atoms with Gasteiger partial charge in [-0.2, -0.15) is 0 Å². The fourth-order valence-electron chi connectivity index (χ4n) is 3.62. The molecule has 7 nitrogen and oxygen atoms in total. The van der Waals surface area contributed by atoms with E-state index in [1.165, 1.54) is 12.1 Å². The number of aliphatic imine (C=N–C) groups is 1. The van der Waals surface area contributed by atoms with Crippen LogP contribution in [0.4, 0.5) is 16.0 Å². The summed E-state index contributed by atoms with van der Waals surface area (Å²) in [6.45, 7) is 6.26. The summed E-state index contributed by atoms with van der Waals surface area (Å²) < 4.78 is 13.7. The van der Waals surface area contributed by atoms with E-state index in [2.05, 4.69) is 35.9 Å². The Hall–Kier alpha value is -3.85. The Morgan fingerprint density at radius 3 is 2.56 bits per heavy atom. The van der Waals surface area contributed by atoms with Crippen LogP contribution in [-0.2, 0) is 6.42 Å². The average molecular weight is 476 g/mol. The lowest BCUT2D eigenvalue weighted by Crippen LogP contribution is -2.39. The fourth-order valence-corrected chi connectivity index (χ4v) is 3.82. The van der Waals surface area contributed by atoms with Gasteiger partial charge in [-0.3, -0.25) is 10.3 Å². The molecule has 0 atom stereocenters. The van der Waals surface area contributed by atoms with Gasteiger partial charge in [-0.25, -0.2) is 14.4 Å². The molecule has 4 rings (SSSR count). The van der Waals surface area contributed by atoms with Gasteiger partial charge in [0.2, 0.25) is 11.9 Å². The summed E-state index contributed by atoms with van der Waals surface area (Å²) in [6, 6.07) is 14.5. The van der Waals surface area contributed by atoms with E-state index in [0.29, 0.717) is 30.0 Å². The van der Waals surface area contributed by atoms with E-state index in [0.717, 1.165) is 39.1 Å². The van der Waals surface area contributed by atoms with Gasteiger partial charge in [0.1, 0.15) is 5.82 Å². The highest BCUT2D eigenvalue weighted by Gasteiger charge is 2.09. The Labute approximate surface area is 202 Å². The maximum absolute atomic E-state index is 13.7. The van der Waals surface area contributed by atoms with E-state index in [-0.39, 0.29) is 5.82 Å². The van der Waals surface area contributed by atoms with Crippen molar-refractivity contribution < 1.29 is 4.39 Å². The number of nitrogens with one attached hydrogen (secondary N) is 4. The van der Waals surface area contributed by atoms with Crippen molar-refractivity contribution in [3.8, 4) is 0 Å². The van der Waals surface area contributed by atoms with Gasteiger partial charge < -0.3 is 15.6 Å². The van der Waals surface area contributed by atoms with Gasteiger partial charge in [0.25, 0.3) is 0 Å². The number of aromatic nitrogens is 3. The number of para-hydroxylation sites is 1. The number of guanidine groups is 1.